The molecule has 0 saturated carbocycles. The van der Waals surface area contributed by atoms with Gasteiger partial charge in [-0.3, -0.25) is 9.69 Å². The predicted octanol–water partition coefficient (Wildman–Crippen LogP) is 1.84. The molecule has 0 radical (unpaired) electrons. The van der Waals surface area contributed by atoms with Crippen LogP contribution in [0.3, 0.4) is 0 Å². The fraction of sp³-hybridized carbons (Fsp3) is 0.632. The summed E-state index contributed by atoms with van der Waals surface area (Å²) in [5.41, 5.74) is 7.08. The fourth-order valence-electron chi connectivity index (χ4n) is 3.24. The molecule has 2 atom stereocenters. The van der Waals surface area contributed by atoms with E-state index in [9.17, 15) is 4.79 Å². The van der Waals surface area contributed by atoms with Gasteiger partial charge in [0.15, 0.2) is 11.5 Å². The van der Waals surface area contributed by atoms with Crippen LogP contribution in [0.25, 0.3) is 0 Å². The van der Waals surface area contributed by atoms with Gasteiger partial charge in [0, 0.05) is 13.1 Å². The molecule has 1 heterocycles. The van der Waals surface area contributed by atoms with E-state index in [1.807, 2.05) is 25.1 Å². The number of likely N-dealkylation sites (tertiary alicyclic amines) is 1. The highest BCUT2D eigenvalue weighted by Crippen LogP contribution is 2.30. The highest BCUT2D eigenvalue weighted by atomic mass is 35.5. The number of ether oxygens (including phenoxy) is 2. The smallest absolute Gasteiger partial charge is 0.237 e. The van der Waals surface area contributed by atoms with E-state index in [1.54, 1.807) is 14.2 Å². The lowest BCUT2D eigenvalue weighted by molar-refractivity contribution is -0.125. The van der Waals surface area contributed by atoms with Gasteiger partial charge in [-0.15, -0.1) is 12.4 Å². The second-order valence-electron chi connectivity index (χ2n) is 7.14. The van der Waals surface area contributed by atoms with Crippen molar-refractivity contribution in [1.29, 1.82) is 0 Å². The van der Waals surface area contributed by atoms with Gasteiger partial charge in [0.25, 0.3) is 0 Å². The summed E-state index contributed by atoms with van der Waals surface area (Å²) in [4.78, 5) is 14.6. The Labute approximate surface area is 162 Å². The highest BCUT2D eigenvalue weighted by Gasteiger charge is 2.36. The third-order valence-corrected chi connectivity index (χ3v) is 5.17. The maximum absolute atomic E-state index is 12.4. The normalized spacial score (nSPS) is 21.0. The Morgan fingerprint density at radius 3 is 2.62 bits per heavy atom. The Kier molecular flexibility index (Phi) is 8.67. The molecule has 1 aromatic carbocycles. The first-order valence-electron chi connectivity index (χ1n) is 8.85. The zero-order chi connectivity index (χ0) is 18.4. The molecule has 1 fully saturated rings. The molecule has 0 bridgehead atoms. The van der Waals surface area contributed by atoms with Gasteiger partial charge in [0.1, 0.15) is 0 Å². The molecule has 148 valence electrons. The monoisotopic (exact) mass is 385 g/mol. The van der Waals surface area contributed by atoms with Crippen LogP contribution in [-0.2, 0) is 11.2 Å². The number of nitrogens with zero attached hydrogens (tertiary/aromatic N) is 1. The lowest BCUT2D eigenvalue weighted by Crippen LogP contribution is -2.45. The SMILES string of the molecule is COc1ccc(CCNC(=O)C(C)N2CCC(C)(CN)C2)cc1OC.Cl. The minimum absolute atomic E-state index is 0. The van der Waals surface area contributed by atoms with Crippen molar-refractivity contribution in [2.24, 2.45) is 11.1 Å². The van der Waals surface area contributed by atoms with Crippen LogP contribution in [0.5, 0.6) is 11.5 Å². The van der Waals surface area contributed by atoms with Crippen molar-refractivity contribution in [2.45, 2.75) is 32.7 Å². The topological polar surface area (TPSA) is 76.8 Å². The number of nitrogens with two attached hydrogens (primary N) is 1. The number of rotatable bonds is 8. The van der Waals surface area contributed by atoms with Crippen LogP contribution in [0.1, 0.15) is 25.8 Å². The number of amides is 1. The molecular weight excluding hydrogens is 354 g/mol. The molecule has 1 aromatic rings. The molecule has 1 amide bonds. The molecule has 6 nitrogen and oxygen atoms in total. The fourth-order valence-corrected chi connectivity index (χ4v) is 3.24. The average Bonchev–Trinajstić information content (AvgIpc) is 3.03. The van der Waals surface area contributed by atoms with Crippen molar-refractivity contribution in [1.82, 2.24) is 10.2 Å². The summed E-state index contributed by atoms with van der Waals surface area (Å²) < 4.78 is 10.6. The third kappa shape index (κ3) is 5.50. The van der Waals surface area contributed by atoms with E-state index in [4.69, 9.17) is 15.2 Å². The van der Waals surface area contributed by atoms with E-state index in [1.165, 1.54) is 0 Å². The Balaban J connectivity index is 0.00000338. The summed E-state index contributed by atoms with van der Waals surface area (Å²) in [6.45, 7) is 7.23. The summed E-state index contributed by atoms with van der Waals surface area (Å²) in [7, 11) is 3.24. The number of hydrogen-bond donors (Lipinski definition) is 2. The van der Waals surface area contributed by atoms with Crippen molar-refractivity contribution in [2.75, 3.05) is 40.4 Å². The van der Waals surface area contributed by atoms with Crippen LogP contribution in [0.4, 0.5) is 0 Å². The van der Waals surface area contributed by atoms with Crippen molar-refractivity contribution in [3.63, 3.8) is 0 Å². The third-order valence-electron chi connectivity index (χ3n) is 5.17. The lowest BCUT2D eigenvalue weighted by atomic mass is 9.90. The molecule has 26 heavy (non-hydrogen) atoms. The zero-order valence-corrected chi connectivity index (χ0v) is 17.0. The molecule has 1 aliphatic rings. The molecule has 7 heteroatoms. The molecular formula is C19H32ClN3O3. The van der Waals surface area contributed by atoms with Gasteiger partial charge < -0.3 is 20.5 Å². The number of benzene rings is 1. The van der Waals surface area contributed by atoms with Crippen LogP contribution in [0.15, 0.2) is 18.2 Å². The van der Waals surface area contributed by atoms with Gasteiger partial charge in [0.2, 0.25) is 5.91 Å². The summed E-state index contributed by atoms with van der Waals surface area (Å²) in [5.74, 6) is 1.49. The largest absolute Gasteiger partial charge is 0.493 e. The standard InChI is InChI=1S/C19H31N3O3.ClH/c1-14(22-10-8-19(2,12-20)13-22)18(23)21-9-7-15-5-6-16(24-3)17(11-15)25-4;/h5-6,11,14H,7-10,12-13,20H2,1-4H3,(H,21,23);1H. The zero-order valence-electron chi connectivity index (χ0n) is 16.2. The first-order valence-corrected chi connectivity index (χ1v) is 8.85. The number of methoxy groups -OCH3 is 2. The van der Waals surface area contributed by atoms with Gasteiger partial charge in [-0.05, 0) is 56.0 Å². The second kappa shape index (κ2) is 10.00. The van der Waals surface area contributed by atoms with E-state index in [0.29, 0.717) is 24.6 Å². The van der Waals surface area contributed by atoms with E-state index in [0.717, 1.165) is 31.5 Å². The number of nitrogens with one attached hydrogen (secondary N) is 1. The average molecular weight is 386 g/mol. The van der Waals surface area contributed by atoms with Crippen molar-refractivity contribution < 1.29 is 14.3 Å². The Morgan fingerprint density at radius 1 is 1.35 bits per heavy atom. The first-order chi connectivity index (χ1) is 11.9. The van der Waals surface area contributed by atoms with Crippen LogP contribution in [0, 0.1) is 5.41 Å². The Bertz CT molecular complexity index is 599. The summed E-state index contributed by atoms with van der Waals surface area (Å²) >= 11 is 0. The summed E-state index contributed by atoms with van der Waals surface area (Å²) in [6, 6.07) is 5.70. The first kappa shape index (κ1) is 22.5. The van der Waals surface area contributed by atoms with Gasteiger partial charge in [-0.25, -0.2) is 0 Å². The minimum Gasteiger partial charge on any atom is -0.493 e. The number of halogens is 1. The maximum Gasteiger partial charge on any atom is 0.237 e. The Morgan fingerprint density at radius 2 is 2.04 bits per heavy atom. The van der Waals surface area contributed by atoms with Crippen molar-refractivity contribution in [3.05, 3.63) is 23.8 Å². The van der Waals surface area contributed by atoms with E-state index in [2.05, 4.69) is 17.1 Å². The molecule has 2 unspecified atom stereocenters. The Hall–Kier alpha value is -1.50. The molecule has 1 saturated heterocycles. The molecule has 3 N–H and O–H groups in total. The van der Waals surface area contributed by atoms with Crippen LogP contribution >= 0.6 is 12.4 Å². The lowest BCUT2D eigenvalue weighted by Gasteiger charge is -2.26. The van der Waals surface area contributed by atoms with Gasteiger partial charge >= 0.3 is 0 Å². The summed E-state index contributed by atoms with van der Waals surface area (Å²) in [5, 5.41) is 3.04. The molecule has 1 aliphatic heterocycles. The number of carbonyl (C=O) groups is 1. The predicted molar refractivity (Wildman–Crippen MR) is 106 cm³/mol. The van der Waals surface area contributed by atoms with Crippen molar-refractivity contribution >= 4 is 18.3 Å². The number of hydrogen-bond acceptors (Lipinski definition) is 5. The van der Waals surface area contributed by atoms with Gasteiger partial charge in [-0.2, -0.15) is 0 Å². The molecule has 0 aromatic heterocycles. The number of carbonyl (C=O) groups excluding carboxylic acids is 1. The van der Waals surface area contributed by atoms with Crippen LogP contribution < -0.4 is 20.5 Å². The van der Waals surface area contributed by atoms with Gasteiger partial charge in [0.05, 0.1) is 20.3 Å². The van der Waals surface area contributed by atoms with Crippen molar-refractivity contribution in [3.8, 4) is 11.5 Å². The quantitative estimate of drug-likeness (QED) is 0.714. The maximum atomic E-state index is 12.4. The second-order valence-corrected chi connectivity index (χ2v) is 7.14. The molecule has 0 spiro atoms. The minimum atomic E-state index is -0.126. The van der Waals surface area contributed by atoms with Crippen LogP contribution in [-0.4, -0.2) is 57.2 Å². The van der Waals surface area contributed by atoms with E-state index < -0.39 is 0 Å². The van der Waals surface area contributed by atoms with E-state index in [-0.39, 0.29) is 29.8 Å². The van der Waals surface area contributed by atoms with Gasteiger partial charge in [-0.1, -0.05) is 13.0 Å². The highest BCUT2D eigenvalue weighted by molar-refractivity contribution is 5.85. The molecule has 2 rings (SSSR count). The molecule has 0 aliphatic carbocycles. The summed E-state index contributed by atoms with van der Waals surface area (Å²) in [6.07, 6.45) is 1.80. The van der Waals surface area contributed by atoms with Crippen LogP contribution in [0.2, 0.25) is 0 Å². The van der Waals surface area contributed by atoms with E-state index >= 15 is 0 Å².